The van der Waals surface area contributed by atoms with Crippen molar-refractivity contribution in [3.63, 3.8) is 0 Å². The summed E-state index contributed by atoms with van der Waals surface area (Å²) in [5.41, 5.74) is 0.174. The molecule has 0 amide bonds. The van der Waals surface area contributed by atoms with Crippen LogP contribution in [-0.2, 0) is 19.4 Å². The molecule has 1 aromatic carbocycles. The summed E-state index contributed by atoms with van der Waals surface area (Å²) in [5, 5.41) is 11.3. The van der Waals surface area contributed by atoms with Crippen LogP contribution < -0.4 is 10.6 Å². The summed E-state index contributed by atoms with van der Waals surface area (Å²) >= 11 is 0. The fourth-order valence-electron chi connectivity index (χ4n) is 3.83. The van der Waals surface area contributed by atoms with Crippen molar-refractivity contribution in [3.8, 4) is 0 Å². The predicted octanol–water partition coefficient (Wildman–Crippen LogP) is 2.54. The molecule has 8 heteroatoms. The highest BCUT2D eigenvalue weighted by Gasteiger charge is 2.42. The van der Waals surface area contributed by atoms with E-state index in [2.05, 4.69) is 32.6 Å². The average Bonchev–Trinajstić information content (AvgIpc) is 3.27. The number of aromatic nitrogens is 3. The highest BCUT2D eigenvalue weighted by atomic mass is 19.1. The molecule has 0 radical (unpaired) electrons. The van der Waals surface area contributed by atoms with E-state index in [-0.39, 0.29) is 23.6 Å². The van der Waals surface area contributed by atoms with Gasteiger partial charge in [-0.2, -0.15) is 5.10 Å². The van der Waals surface area contributed by atoms with E-state index in [9.17, 15) is 8.78 Å². The summed E-state index contributed by atoms with van der Waals surface area (Å²) in [6, 6.07) is 4.21. The van der Waals surface area contributed by atoms with Crippen LogP contribution >= 0.6 is 0 Å². The van der Waals surface area contributed by atoms with Crippen LogP contribution in [-0.4, -0.2) is 39.4 Å². The summed E-state index contributed by atoms with van der Waals surface area (Å²) in [6.07, 6.45) is 3.34. The normalized spacial score (nSPS) is 24.0. The maximum absolute atomic E-state index is 14.0. The summed E-state index contributed by atoms with van der Waals surface area (Å²) in [6.45, 7) is 5.39. The zero-order valence-corrected chi connectivity index (χ0v) is 16.3. The van der Waals surface area contributed by atoms with Gasteiger partial charge in [-0.25, -0.2) is 18.4 Å². The number of fused-ring (bicyclic) bond motifs is 1. The molecule has 0 saturated heterocycles. The molecule has 2 heterocycles. The van der Waals surface area contributed by atoms with Crippen LogP contribution in [0.2, 0.25) is 0 Å². The third-order valence-electron chi connectivity index (χ3n) is 5.36. The van der Waals surface area contributed by atoms with E-state index in [1.165, 1.54) is 18.2 Å². The summed E-state index contributed by atoms with van der Waals surface area (Å²) in [7, 11) is 0. The van der Waals surface area contributed by atoms with Gasteiger partial charge in [-0.05, 0) is 31.9 Å². The first kappa shape index (κ1) is 18.8. The van der Waals surface area contributed by atoms with E-state index in [1.807, 2.05) is 11.6 Å². The van der Waals surface area contributed by atoms with Crippen LogP contribution in [0.4, 0.5) is 8.78 Å². The van der Waals surface area contributed by atoms with Crippen molar-refractivity contribution in [2.45, 2.75) is 64.1 Å². The standard InChI is InChI=1S/C20H26F2N6/c1-3-17-26-18-9-8-12(11-28(18)27-17)24-20(23-4-2)25-16-10-13(16)19-14(21)6-5-7-15(19)22/h5-7,12-13,16H,3-4,8-11H2,1-2H3,(H2,23,24,25). The minimum absolute atomic E-state index is 0.0126. The van der Waals surface area contributed by atoms with Crippen LogP contribution in [0, 0.1) is 11.6 Å². The number of hydrogen-bond acceptors (Lipinski definition) is 3. The Hall–Kier alpha value is -2.51. The lowest BCUT2D eigenvalue weighted by Gasteiger charge is -2.25. The molecule has 1 aromatic heterocycles. The molecule has 0 bridgehead atoms. The first-order chi connectivity index (χ1) is 13.6. The van der Waals surface area contributed by atoms with Crippen molar-refractivity contribution < 1.29 is 8.78 Å². The van der Waals surface area contributed by atoms with Crippen molar-refractivity contribution in [1.82, 2.24) is 25.4 Å². The molecule has 150 valence electrons. The SMILES string of the molecule is CCN=C(NC1CCc2nc(CC)nn2C1)NC1CC1c1c(F)cccc1F. The Morgan fingerprint density at radius 2 is 2.04 bits per heavy atom. The van der Waals surface area contributed by atoms with E-state index in [4.69, 9.17) is 0 Å². The van der Waals surface area contributed by atoms with Crippen molar-refractivity contribution in [3.05, 3.63) is 47.0 Å². The lowest BCUT2D eigenvalue weighted by Crippen LogP contribution is -2.48. The second-order valence-electron chi connectivity index (χ2n) is 7.41. The molecule has 1 saturated carbocycles. The quantitative estimate of drug-likeness (QED) is 0.610. The number of benzene rings is 1. The van der Waals surface area contributed by atoms with Gasteiger partial charge in [-0.1, -0.05) is 13.0 Å². The average molecular weight is 388 g/mol. The number of halogens is 2. The molecule has 2 aliphatic rings. The maximum Gasteiger partial charge on any atom is 0.191 e. The van der Waals surface area contributed by atoms with Gasteiger partial charge < -0.3 is 10.6 Å². The minimum atomic E-state index is -0.478. The molecule has 0 spiro atoms. The van der Waals surface area contributed by atoms with E-state index >= 15 is 0 Å². The first-order valence-corrected chi connectivity index (χ1v) is 10.0. The lowest BCUT2D eigenvalue weighted by molar-refractivity contribution is 0.391. The number of aliphatic imine (C=N–C) groups is 1. The second-order valence-corrected chi connectivity index (χ2v) is 7.41. The Kier molecular flexibility index (Phi) is 5.28. The molecule has 2 N–H and O–H groups in total. The fraction of sp³-hybridized carbons (Fsp3) is 0.550. The third-order valence-corrected chi connectivity index (χ3v) is 5.36. The molecule has 6 nitrogen and oxygen atoms in total. The topological polar surface area (TPSA) is 67.1 Å². The predicted molar refractivity (Wildman–Crippen MR) is 103 cm³/mol. The van der Waals surface area contributed by atoms with Crippen molar-refractivity contribution in [1.29, 1.82) is 0 Å². The first-order valence-electron chi connectivity index (χ1n) is 10.0. The van der Waals surface area contributed by atoms with Gasteiger partial charge >= 0.3 is 0 Å². The van der Waals surface area contributed by atoms with Crippen molar-refractivity contribution in [2.24, 2.45) is 4.99 Å². The van der Waals surface area contributed by atoms with Gasteiger partial charge in [0.15, 0.2) is 11.8 Å². The Labute approximate surface area is 163 Å². The van der Waals surface area contributed by atoms with Gasteiger partial charge in [0, 0.05) is 43.0 Å². The summed E-state index contributed by atoms with van der Waals surface area (Å²) < 4.78 is 30.0. The highest BCUT2D eigenvalue weighted by molar-refractivity contribution is 5.81. The Morgan fingerprint density at radius 3 is 2.75 bits per heavy atom. The molecular weight excluding hydrogens is 362 g/mol. The molecule has 3 atom stereocenters. The second kappa shape index (κ2) is 7.85. The monoisotopic (exact) mass is 388 g/mol. The zero-order chi connectivity index (χ0) is 19.7. The van der Waals surface area contributed by atoms with E-state index in [0.29, 0.717) is 18.9 Å². The highest BCUT2D eigenvalue weighted by Crippen LogP contribution is 2.43. The molecule has 3 unspecified atom stereocenters. The van der Waals surface area contributed by atoms with Gasteiger partial charge in [0.05, 0.1) is 6.54 Å². The minimum Gasteiger partial charge on any atom is -0.353 e. The number of nitrogens with one attached hydrogen (secondary N) is 2. The van der Waals surface area contributed by atoms with Gasteiger partial charge in [0.25, 0.3) is 0 Å². The maximum atomic E-state index is 14.0. The molecular formula is C20H26F2N6. The summed E-state index contributed by atoms with van der Waals surface area (Å²) in [5.74, 6) is 1.49. The molecule has 4 rings (SSSR count). The smallest absolute Gasteiger partial charge is 0.191 e. The van der Waals surface area contributed by atoms with E-state index < -0.39 is 11.6 Å². The van der Waals surface area contributed by atoms with Crippen LogP contribution in [0.25, 0.3) is 0 Å². The largest absolute Gasteiger partial charge is 0.353 e. The van der Waals surface area contributed by atoms with Crippen LogP contribution in [0.15, 0.2) is 23.2 Å². The Balaban J connectivity index is 1.39. The lowest BCUT2D eigenvalue weighted by atomic mass is 10.1. The molecule has 1 aliphatic carbocycles. The van der Waals surface area contributed by atoms with Gasteiger partial charge in [-0.15, -0.1) is 0 Å². The third kappa shape index (κ3) is 3.86. The number of nitrogens with zero attached hydrogens (tertiary/aromatic N) is 4. The van der Waals surface area contributed by atoms with Gasteiger partial charge in [0.1, 0.15) is 17.5 Å². The zero-order valence-electron chi connectivity index (χ0n) is 16.3. The van der Waals surface area contributed by atoms with E-state index in [0.717, 1.165) is 37.5 Å². The Bertz CT molecular complexity index is 857. The fourth-order valence-corrected chi connectivity index (χ4v) is 3.83. The van der Waals surface area contributed by atoms with E-state index in [1.54, 1.807) is 0 Å². The number of aryl methyl sites for hydroxylation is 2. The Morgan fingerprint density at radius 1 is 1.25 bits per heavy atom. The van der Waals surface area contributed by atoms with Crippen LogP contribution in [0.3, 0.4) is 0 Å². The van der Waals surface area contributed by atoms with Crippen LogP contribution in [0.5, 0.6) is 0 Å². The number of rotatable bonds is 5. The molecule has 1 aliphatic heterocycles. The molecule has 28 heavy (non-hydrogen) atoms. The van der Waals surface area contributed by atoms with Crippen molar-refractivity contribution >= 4 is 5.96 Å². The van der Waals surface area contributed by atoms with Crippen molar-refractivity contribution in [2.75, 3.05) is 6.54 Å². The number of hydrogen-bond donors (Lipinski definition) is 2. The molecule has 1 fully saturated rings. The van der Waals surface area contributed by atoms with Crippen LogP contribution in [0.1, 0.15) is 49.8 Å². The van der Waals surface area contributed by atoms with Gasteiger partial charge in [0.2, 0.25) is 0 Å². The molecule has 2 aromatic rings. The number of guanidine groups is 1. The summed E-state index contributed by atoms with van der Waals surface area (Å²) in [4.78, 5) is 9.06. The van der Waals surface area contributed by atoms with Gasteiger partial charge in [-0.3, -0.25) is 4.99 Å².